The van der Waals surface area contributed by atoms with Gasteiger partial charge in [0.15, 0.2) is 0 Å². The maximum atomic E-state index is 12.4. The van der Waals surface area contributed by atoms with Gasteiger partial charge in [0, 0.05) is 17.7 Å². The highest BCUT2D eigenvalue weighted by Crippen LogP contribution is 2.35. The van der Waals surface area contributed by atoms with Crippen molar-refractivity contribution in [3.63, 3.8) is 0 Å². The third-order valence-electron chi connectivity index (χ3n) is 5.33. The zero-order valence-corrected chi connectivity index (χ0v) is 17.0. The van der Waals surface area contributed by atoms with Crippen molar-refractivity contribution in [3.8, 4) is 11.1 Å². The fourth-order valence-electron chi connectivity index (χ4n) is 3.62. The maximum Gasteiger partial charge on any atom is 0.407 e. The molecule has 0 heterocycles. The number of Topliss-reactive ketones (excluding diaryl/α,β-unsaturated/α-hetero) is 2. The van der Waals surface area contributed by atoms with E-state index >= 15 is 0 Å². The first-order chi connectivity index (χ1) is 15.5. The first-order valence-electron chi connectivity index (χ1n) is 10.1. The Hall–Kier alpha value is -3.81. The SMILES string of the molecule is O=C(NCC(O)C(O)c1ccc2c(c1)-c1ccccc1C(=O)C2=O)OCc1ccccc1. The molecule has 0 saturated heterocycles. The summed E-state index contributed by atoms with van der Waals surface area (Å²) in [5.41, 5.74) is 2.85. The van der Waals surface area contributed by atoms with Crippen molar-refractivity contribution < 1.29 is 29.3 Å². The van der Waals surface area contributed by atoms with Crippen molar-refractivity contribution in [2.24, 2.45) is 0 Å². The zero-order valence-electron chi connectivity index (χ0n) is 17.0. The van der Waals surface area contributed by atoms with Crippen molar-refractivity contribution >= 4 is 17.7 Å². The van der Waals surface area contributed by atoms with E-state index in [1.54, 1.807) is 30.3 Å². The highest BCUT2D eigenvalue weighted by atomic mass is 16.5. The number of hydrogen-bond acceptors (Lipinski definition) is 6. The van der Waals surface area contributed by atoms with Gasteiger partial charge in [0.2, 0.25) is 11.6 Å². The van der Waals surface area contributed by atoms with Crippen LogP contribution in [0.2, 0.25) is 0 Å². The van der Waals surface area contributed by atoms with Gasteiger partial charge in [0.25, 0.3) is 0 Å². The second kappa shape index (κ2) is 9.13. The molecular weight excluding hydrogens is 410 g/mol. The summed E-state index contributed by atoms with van der Waals surface area (Å²) < 4.78 is 5.09. The number of carbonyl (C=O) groups is 3. The quantitative estimate of drug-likeness (QED) is 0.517. The Morgan fingerprint density at radius 3 is 2.16 bits per heavy atom. The number of alkyl carbamates (subject to hydrolysis) is 1. The molecule has 4 rings (SSSR count). The lowest BCUT2D eigenvalue weighted by molar-refractivity contribution is 0.0184. The maximum absolute atomic E-state index is 12.4. The molecule has 2 atom stereocenters. The van der Waals surface area contributed by atoms with Gasteiger partial charge in [-0.15, -0.1) is 0 Å². The van der Waals surface area contributed by atoms with E-state index < -0.39 is 29.9 Å². The van der Waals surface area contributed by atoms with Crippen LogP contribution < -0.4 is 5.32 Å². The summed E-state index contributed by atoms with van der Waals surface area (Å²) in [7, 11) is 0. The van der Waals surface area contributed by atoms with Crippen molar-refractivity contribution in [2.75, 3.05) is 6.54 Å². The number of nitrogens with one attached hydrogen (secondary N) is 1. The second-order valence-corrected chi connectivity index (χ2v) is 7.46. The van der Waals surface area contributed by atoms with Gasteiger partial charge in [-0.25, -0.2) is 4.79 Å². The predicted octanol–water partition coefficient (Wildman–Crippen LogP) is 3.05. The van der Waals surface area contributed by atoms with E-state index in [0.717, 1.165) is 5.56 Å². The number of ether oxygens (including phenoxy) is 1. The van der Waals surface area contributed by atoms with Crippen LogP contribution in [0.25, 0.3) is 11.1 Å². The third-order valence-corrected chi connectivity index (χ3v) is 5.33. The lowest BCUT2D eigenvalue weighted by Gasteiger charge is -2.22. The summed E-state index contributed by atoms with van der Waals surface area (Å²) in [6, 6.07) is 20.4. The number of ketones is 2. The molecule has 32 heavy (non-hydrogen) atoms. The minimum Gasteiger partial charge on any atom is -0.445 e. The number of hydrogen-bond donors (Lipinski definition) is 3. The van der Waals surface area contributed by atoms with Crippen molar-refractivity contribution in [1.82, 2.24) is 5.32 Å². The van der Waals surface area contributed by atoms with Crippen LogP contribution in [-0.4, -0.2) is 40.5 Å². The lowest BCUT2D eigenvalue weighted by atomic mass is 9.82. The normalized spacial score (nSPS) is 14.2. The molecule has 3 aromatic carbocycles. The average Bonchev–Trinajstić information content (AvgIpc) is 2.84. The molecule has 0 fully saturated rings. The van der Waals surface area contributed by atoms with Gasteiger partial charge in [-0.1, -0.05) is 60.7 Å². The van der Waals surface area contributed by atoms with E-state index in [1.165, 1.54) is 12.1 Å². The third kappa shape index (κ3) is 4.30. The second-order valence-electron chi connectivity index (χ2n) is 7.46. The summed E-state index contributed by atoms with van der Waals surface area (Å²) in [6.07, 6.45) is -3.35. The number of rotatable bonds is 6. The Morgan fingerprint density at radius 1 is 0.812 bits per heavy atom. The van der Waals surface area contributed by atoms with E-state index in [1.807, 2.05) is 30.3 Å². The standard InChI is InChI=1S/C25H21NO6/c27-21(13-26-25(31)32-14-15-6-2-1-3-7-15)22(28)16-10-11-19-20(12-16)17-8-4-5-9-18(17)23(29)24(19)30/h1-12,21-22,27-28H,13-14H2,(H,26,31). The van der Waals surface area contributed by atoms with Crippen molar-refractivity contribution in [2.45, 2.75) is 18.8 Å². The molecule has 0 aromatic heterocycles. The molecule has 0 aliphatic heterocycles. The van der Waals surface area contributed by atoms with E-state index in [2.05, 4.69) is 5.32 Å². The molecule has 1 amide bonds. The van der Waals surface area contributed by atoms with Crippen LogP contribution in [0.15, 0.2) is 72.8 Å². The molecule has 7 nitrogen and oxygen atoms in total. The van der Waals surface area contributed by atoms with Gasteiger partial charge in [0.1, 0.15) is 18.8 Å². The molecule has 1 aliphatic rings. The Kier molecular flexibility index (Phi) is 6.11. The van der Waals surface area contributed by atoms with Gasteiger partial charge in [0.05, 0.1) is 0 Å². The van der Waals surface area contributed by atoms with E-state index in [-0.39, 0.29) is 18.7 Å². The van der Waals surface area contributed by atoms with Crippen LogP contribution in [0.3, 0.4) is 0 Å². The fourth-order valence-corrected chi connectivity index (χ4v) is 3.62. The molecule has 0 radical (unpaired) electrons. The molecule has 7 heteroatoms. The summed E-state index contributed by atoms with van der Waals surface area (Å²) >= 11 is 0. The Morgan fingerprint density at radius 2 is 1.44 bits per heavy atom. The topological polar surface area (TPSA) is 113 Å². The van der Waals surface area contributed by atoms with Crippen LogP contribution in [0.4, 0.5) is 4.79 Å². The molecule has 0 saturated carbocycles. The smallest absolute Gasteiger partial charge is 0.407 e. The van der Waals surface area contributed by atoms with Gasteiger partial charge >= 0.3 is 6.09 Å². The molecule has 162 valence electrons. The van der Waals surface area contributed by atoms with Gasteiger partial charge in [-0.3, -0.25) is 9.59 Å². The molecule has 0 spiro atoms. The molecular formula is C25H21NO6. The monoisotopic (exact) mass is 431 g/mol. The van der Waals surface area contributed by atoms with Gasteiger partial charge < -0.3 is 20.3 Å². The van der Waals surface area contributed by atoms with Crippen LogP contribution in [0, 0.1) is 0 Å². The van der Waals surface area contributed by atoms with Crippen molar-refractivity contribution in [1.29, 1.82) is 0 Å². The molecule has 3 N–H and O–H groups in total. The Balaban J connectivity index is 1.43. The number of amides is 1. The van der Waals surface area contributed by atoms with Crippen LogP contribution in [-0.2, 0) is 11.3 Å². The fraction of sp³-hybridized carbons (Fsp3) is 0.160. The Bertz CT molecular complexity index is 1170. The van der Waals surface area contributed by atoms with Crippen LogP contribution in [0.5, 0.6) is 0 Å². The zero-order chi connectivity index (χ0) is 22.7. The van der Waals surface area contributed by atoms with Crippen LogP contribution >= 0.6 is 0 Å². The van der Waals surface area contributed by atoms with E-state index in [9.17, 15) is 24.6 Å². The summed E-state index contributed by atoms with van der Waals surface area (Å²) in [5, 5.41) is 23.4. The Labute approximate surface area is 184 Å². The molecule has 3 aromatic rings. The van der Waals surface area contributed by atoms with Gasteiger partial charge in [-0.05, 0) is 34.4 Å². The first-order valence-corrected chi connectivity index (χ1v) is 10.1. The predicted molar refractivity (Wildman–Crippen MR) is 116 cm³/mol. The molecule has 0 bridgehead atoms. The van der Waals surface area contributed by atoms with Crippen LogP contribution in [0.1, 0.15) is 37.9 Å². The number of fused-ring (bicyclic) bond motifs is 3. The number of aliphatic hydroxyl groups excluding tert-OH is 2. The average molecular weight is 431 g/mol. The summed E-state index contributed by atoms with van der Waals surface area (Å²) in [4.78, 5) is 36.6. The number of carbonyl (C=O) groups excluding carboxylic acids is 3. The highest BCUT2D eigenvalue weighted by molar-refractivity contribution is 6.53. The first kappa shape index (κ1) is 21.4. The number of aliphatic hydroxyl groups is 2. The minimum atomic E-state index is -1.32. The van der Waals surface area contributed by atoms with E-state index in [4.69, 9.17) is 4.74 Å². The minimum absolute atomic E-state index is 0.0856. The summed E-state index contributed by atoms with van der Waals surface area (Å²) in [6.45, 7) is -0.151. The largest absolute Gasteiger partial charge is 0.445 e. The van der Waals surface area contributed by atoms with E-state index in [0.29, 0.717) is 22.3 Å². The molecule has 1 aliphatic carbocycles. The molecule has 2 unspecified atom stereocenters. The lowest BCUT2D eigenvalue weighted by Crippen LogP contribution is -2.35. The summed E-state index contributed by atoms with van der Waals surface area (Å²) in [5.74, 6) is -1.18. The van der Waals surface area contributed by atoms with Gasteiger partial charge in [-0.2, -0.15) is 0 Å². The number of benzene rings is 3. The highest BCUT2D eigenvalue weighted by Gasteiger charge is 2.31. The van der Waals surface area contributed by atoms with Crippen molar-refractivity contribution in [3.05, 3.63) is 95.1 Å².